The first-order valence-electron chi connectivity index (χ1n) is 7.91. The van der Waals surface area contributed by atoms with Crippen molar-refractivity contribution in [2.45, 2.75) is 26.0 Å². The average molecular weight is 326 g/mol. The number of benzene rings is 2. The van der Waals surface area contributed by atoms with Crippen LogP contribution in [0.25, 0.3) is 0 Å². The van der Waals surface area contributed by atoms with Gasteiger partial charge >= 0.3 is 0 Å². The molecule has 0 spiro atoms. The minimum Gasteiger partial charge on any atom is -0.388 e. The molecule has 2 amide bonds. The molecule has 5 nitrogen and oxygen atoms in total. The molecule has 2 rings (SSSR count). The van der Waals surface area contributed by atoms with Crippen molar-refractivity contribution in [3.63, 3.8) is 0 Å². The van der Waals surface area contributed by atoms with Crippen molar-refractivity contribution in [1.82, 2.24) is 10.6 Å². The van der Waals surface area contributed by atoms with E-state index in [1.165, 1.54) is 6.92 Å². The zero-order valence-electron chi connectivity index (χ0n) is 13.7. The first-order chi connectivity index (χ1) is 11.6. The van der Waals surface area contributed by atoms with Gasteiger partial charge in [-0.3, -0.25) is 9.59 Å². The van der Waals surface area contributed by atoms with Gasteiger partial charge in [0.15, 0.2) is 0 Å². The van der Waals surface area contributed by atoms with E-state index in [2.05, 4.69) is 10.6 Å². The van der Waals surface area contributed by atoms with E-state index >= 15 is 0 Å². The van der Waals surface area contributed by atoms with Crippen LogP contribution in [-0.2, 0) is 11.3 Å². The minimum absolute atomic E-state index is 0.0891. The van der Waals surface area contributed by atoms with Gasteiger partial charge < -0.3 is 15.7 Å². The maximum Gasteiger partial charge on any atom is 0.251 e. The summed E-state index contributed by atoms with van der Waals surface area (Å²) in [4.78, 5) is 22.9. The van der Waals surface area contributed by atoms with Gasteiger partial charge in [0.2, 0.25) is 5.91 Å². The van der Waals surface area contributed by atoms with Crippen molar-refractivity contribution in [3.8, 4) is 0 Å². The summed E-state index contributed by atoms with van der Waals surface area (Å²) in [5.41, 5.74) is 2.33. The van der Waals surface area contributed by atoms with Gasteiger partial charge in [-0.2, -0.15) is 0 Å². The molecule has 24 heavy (non-hydrogen) atoms. The lowest BCUT2D eigenvalue weighted by molar-refractivity contribution is -0.119. The van der Waals surface area contributed by atoms with Gasteiger partial charge in [0, 0.05) is 25.6 Å². The lowest BCUT2D eigenvalue weighted by Gasteiger charge is -2.12. The topological polar surface area (TPSA) is 78.4 Å². The maximum absolute atomic E-state index is 12.1. The van der Waals surface area contributed by atoms with Gasteiger partial charge in [-0.05, 0) is 29.7 Å². The number of rotatable bonds is 7. The largest absolute Gasteiger partial charge is 0.388 e. The number of aliphatic hydroxyl groups is 1. The van der Waals surface area contributed by atoms with Crippen molar-refractivity contribution in [2.24, 2.45) is 0 Å². The van der Waals surface area contributed by atoms with E-state index in [-0.39, 0.29) is 11.8 Å². The first-order valence-corrected chi connectivity index (χ1v) is 7.91. The fraction of sp³-hybridized carbons (Fsp3) is 0.263. The third-order valence-electron chi connectivity index (χ3n) is 3.65. The summed E-state index contributed by atoms with van der Waals surface area (Å²) in [7, 11) is 0. The second kappa shape index (κ2) is 8.84. The molecule has 126 valence electrons. The quantitative estimate of drug-likeness (QED) is 0.730. The van der Waals surface area contributed by atoms with Crippen molar-refractivity contribution in [2.75, 3.05) is 6.54 Å². The van der Waals surface area contributed by atoms with E-state index in [0.29, 0.717) is 25.1 Å². The third kappa shape index (κ3) is 5.52. The molecule has 0 heterocycles. The van der Waals surface area contributed by atoms with Crippen molar-refractivity contribution >= 4 is 11.8 Å². The lowest BCUT2D eigenvalue weighted by atomic mass is 10.1. The van der Waals surface area contributed by atoms with Gasteiger partial charge in [0.05, 0.1) is 6.10 Å². The van der Waals surface area contributed by atoms with Crippen molar-refractivity contribution < 1.29 is 14.7 Å². The molecule has 0 fully saturated rings. The van der Waals surface area contributed by atoms with Crippen LogP contribution >= 0.6 is 0 Å². The number of hydrogen-bond acceptors (Lipinski definition) is 3. The fourth-order valence-electron chi connectivity index (χ4n) is 2.27. The van der Waals surface area contributed by atoms with Crippen molar-refractivity contribution in [1.29, 1.82) is 0 Å². The van der Waals surface area contributed by atoms with E-state index in [4.69, 9.17) is 0 Å². The summed E-state index contributed by atoms with van der Waals surface area (Å²) in [5.74, 6) is -0.268. The molecule has 0 saturated carbocycles. The highest BCUT2D eigenvalue weighted by Gasteiger charge is 2.09. The molecular weight excluding hydrogens is 304 g/mol. The Hall–Kier alpha value is -2.66. The minimum atomic E-state index is -0.591. The molecule has 0 aromatic heterocycles. The number of nitrogens with one attached hydrogen (secondary N) is 2. The average Bonchev–Trinajstić information content (AvgIpc) is 2.61. The number of amides is 2. The second-order valence-electron chi connectivity index (χ2n) is 5.58. The molecule has 0 aliphatic carbocycles. The van der Waals surface area contributed by atoms with Crippen LogP contribution in [0.3, 0.4) is 0 Å². The molecule has 5 heteroatoms. The number of hydrogen-bond donors (Lipinski definition) is 3. The predicted molar refractivity (Wildman–Crippen MR) is 92.3 cm³/mol. The highest BCUT2D eigenvalue weighted by Crippen LogP contribution is 2.15. The SMILES string of the molecule is CC(=O)NCc1ccc(C(=O)NCCC(O)c2ccccc2)cc1. The monoisotopic (exact) mass is 326 g/mol. The highest BCUT2D eigenvalue weighted by molar-refractivity contribution is 5.94. The van der Waals surface area contributed by atoms with Crippen LogP contribution in [0.1, 0.15) is 40.9 Å². The summed E-state index contributed by atoms with van der Waals surface area (Å²) >= 11 is 0. The Morgan fingerprint density at radius 2 is 1.67 bits per heavy atom. The van der Waals surface area contributed by atoms with Crippen LogP contribution in [0.15, 0.2) is 54.6 Å². The summed E-state index contributed by atoms with van der Waals surface area (Å²) in [6.45, 7) is 2.30. The summed E-state index contributed by atoms with van der Waals surface area (Å²) < 4.78 is 0. The van der Waals surface area contributed by atoms with Crippen LogP contribution in [0.5, 0.6) is 0 Å². The summed E-state index contributed by atoms with van der Waals surface area (Å²) in [6, 6.07) is 16.4. The highest BCUT2D eigenvalue weighted by atomic mass is 16.3. The van der Waals surface area contributed by atoms with Crippen LogP contribution in [-0.4, -0.2) is 23.5 Å². The Bertz CT molecular complexity index is 669. The molecule has 1 atom stereocenters. The van der Waals surface area contributed by atoms with E-state index in [1.54, 1.807) is 12.1 Å². The molecule has 0 aliphatic rings. The van der Waals surface area contributed by atoms with Gasteiger partial charge in [0.25, 0.3) is 5.91 Å². The third-order valence-corrected chi connectivity index (χ3v) is 3.65. The Morgan fingerprint density at radius 3 is 2.29 bits per heavy atom. The Labute approximate surface area is 141 Å². The number of aliphatic hydroxyl groups excluding tert-OH is 1. The Morgan fingerprint density at radius 1 is 1.00 bits per heavy atom. The molecular formula is C19H22N2O3. The summed E-state index contributed by atoms with van der Waals surface area (Å²) in [6.07, 6.45) is -0.136. The molecule has 1 unspecified atom stereocenters. The van der Waals surface area contributed by atoms with E-state index < -0.39 is 6.10 Å². The van der Waals surface area contributed by atoms with Crippen molar-refractivity contribution in [3.05, 3.63) is 71.3 Å². The first kappa shape index (κ1) is 17.7. The zero-order chi connectivity index (χ0) is 17.4. The van der Waals surface area contributed by atoms with E-state index in [1.807, 2.05) is 42.5 Å². The van der Waals surface area contributed by atoms with Crippen LogP contribution < -0.4 is 10.6 Å². The second-order valence-corrected chi connectivity index (χ2v) is 5.58. The molecule has 0 bridgehead atoms. The van der Waals surface area contributed by atoms with Gasteiger partial charge in [-0.1, -0.05) is 42.5 Å². The number of carbonyl (C=O) groups is 2. The molecule has 0 radical (unpaired) electrons. The Kier molecular flexibility index (Phi) is 6.51. The smallest absolute Gasteiger partial charge is 0.251 e. The van der Waals surface area contributed by atoms with E-state index in [0.717, 1.165) is 11.1 Å². The van der Waals surface area contributed by atoms with Gasteiger partial charge in [-0.15, -0.1) is 0 Å². The normalized spacial score (nSPS) is 11.6. The standard InChI is InChI=1S/C19H22N2O3/c1-14(22)21-13-15-7-9-17(10-8-15)19(24)20-12-11-18(23)16-5-3-2-4-6-16/h2-10,18,23H,11-13H2,1H3,(H,20,24)(H,21,22). The molecule has 0 saturated heterocycles. The molecule has 0 aliphatic heterocycles. The molecule has 3 N–H and O–H groups in total. The van der Waals surface area contributed by atoms with Crippen LogP contribution in [0, 0.1) is 0 Å². The maximum atomic E-state index is 12.1. The Balaban J connectivity index is 1.79. The lowest BCUT2D eigenvalue weighted by Crippen LogP contribution is -2.25. The number of carbonyl (C=O) groups excluding carboxylic acids is 2. The van der Waals surface area contributed by atoms with Crippen LogP contribution in [0.2, 0.25) is 0 Å². The van der Waals surface area contributed by atoms with Gasteiger partial charge in [-0.25, -0.2) is 0 Å². The predicted octanol–water partition coefficient (Wildman–Crippen LogP) is 2.18. The van der Waals surface area contributed by atoms with Crippen LogP contribution in [0.4, 0.5) is 0 Å². The fourth-order valence-corrected chi connectivity index (χ4v) is 2.27. The molecule has 2 aromatic carbocycles. The van der Waals surface area contributed by atoms with E-state index in [9.17, 15) is 14.7 Å². The molecule has 2 aromatic rings. The van der Waals surface area contributed by atoms with Gasteiger partial charge in [0.1, 0.15) is 0 Å². The zero-order valence-corrected chi connectivity index (χ0v) is 13.7. The summed E-state index contributed by atoms with van der Waals surface area (Å²) in [5, 5.41) is 15.6.